The van der Waals surface area contributed by atoms with Crippen molar-refractivity contribution in [3.63, 3.8) is 0 Å². The summed E-state index contributed by atoms with van der Waals surface area (Å²) in [6, 6.07) is 9.02. The smallest absolute Gasteiger partial charge is 0.119 e. The third kappa shape index (κ3) is 4.50. The molecular weight excluding hydrogens is 250 g/mol. The lowest BCUT2D eigenvalue weighted by molar-refractivity contribution is 0.0255. The number of hydrogen-bond acceptors (Lipinski definition) is 3. The van der Waals surface area contributed by atoms with Crippen molar-refractivity contribution in [1.29, 1.82) is 0 Å². The normalized spacial score (nSPS) is 17.9. The van der Waals surface area contributed by atoms with Crippen LogP contribution in [0.2, 0.25) is 0 Å². The van der Waals surface area contributed by atoms with Gasteiger partial charge in [-0.2, -0.15) is 0 Å². The van der Waals surface area contributed by atoms with Crippen molar-refractivity contribution in [3.05, 3.63) is 29.8 Å². The van der Waals surface area contributed by atoms with Gasteiger partial charge in [-0.1, -0.05) is 26.0 Å². The Morgan fingerprint density at radius 3 is 2.50 bits per heavy atom. The second-order valence-electron chi connectivity index (χ2n) is 5.41. The van der Waals surface area contributed by atoms with E-state index in [9.17, 15) is 0 Å². The Labute approximate surface area is 122 Å². The van der Waals surface area contributed by atoms with E-state index < -0.39 is 0 Å². The molecule has 0 amide bonds. The molecule has 3 nitrogen and oxygen atoms in total. The van der Waals surface area contributed by atoms with Crippen molar-refractivity contribution in [3.8, 4) is 5.75 Å². The largest absolute Gasteiger partial charge is 0.490 e. The molecule has 1 N–H and O–H groups in total. The highest BCUT2D eigenvalue weighted by Crippen LogP contribution is 2.22. The predicted molar refractivity (Wildman–Crippen MR) is 82.2 cm³/mol. The van der Waals surface area contributed by atoms with Crippen molar-refractivity contribution in [2.75, 3.05) is 19.8 Å². The molecular formula is C17H27NO2. The summed E-state index contributed by atoms with van der Waals surface area (Å²) >= 11 is 0. The van der Waals surface area contributed by atoms with Crippen molar-refractivity contribution in [2.45, 2.75) is 51.7 Å². The van der Waals surface area contributed by atoms with Crippen molar-refractivity contribution < 1.29 is 9.47 Å². The lowest BCUT2D eigenvalue weighted by atomic mass is 10.0. The molecule has 1 aromatic rings. The second-order valence-corrected chi connectivity index (χ2v) is 5.41. The maximum Gasteiger partial charge on any atom is 0.119 e. The standard InChI is InChI=1S/C17H27NO2/c1-3-11-18-17(4-2)14-5-7-15(8-6-14)20-16-9-12-19-13-10-16/h5-8,16-18H,3-4,9-13H2,1-2H3. The van der Waals surface area contributed by atoms with Crippen molar-refractivity contribution >= 4 is 0 Å². The second kappa shape index (κ2) is 8.28. The topological polar surface area (TPSA) is 30.5 Å². The van der Waals surface area contributed by atoms with E-state index >= 15 is 0 Å². The van der Waals surface area contributed by atoms with E-state index in [1.54, 1.807) is 0 Å². The van der Waals surface area contributed by atoms with Gasteiger partial charge < -0.3 is 14.8 Å². The van der Waals surface area contributed by atoms with Crippen LogP contribution in [0.15, 0.2) is 24.3 Å². The number of benzene rings is 1. The van der Waals surface area contributed by atoms with E-state index in [-0.39, 0.29) is 0 Å². The van der Waals surface area contributed by atoms with E-state index in [4.69, 9.17) is 9.47 Å². The maximum atomic E-state index is 6.00. The van der Waals surface area contributed by atoms with Gasteiger partial charge in [0.15, 0.2) is 0 Å². The fourth-order valence-corrected chi connectivity index (χ4v) is 2.58. The minimum Gasteiger partial charge on any atom is -0.490 e. The lowest BCUT2D eigenvalue weighted by Crippen LogP contribution is -2.26. The average Bonchev–Trinajstić information content (AvgIpc) is 2.50. The molecule has 0 radical (unpaired) electrons. The van der Waals surface area contributed by atoms with Crippen LogP contribution in [0.4, 0.5) is 0 Å². The van der Waals surface area contributed by atoms with Crippen LogP contribution in [0.5, 0.6) is 5.75 Å². The van der Waals surface area contributed by atoms with Gasteiger partial charge in [0.25, 0.3) is 0 Å². The molecule has 3 heteroatoms. The quantitative estimate of drug-likeness (QED) is 0.824. The maximum absolute atomic E-state index is 6.00. The van der Waals surface area contributed by atoms with Gasteiger partial charge in [0, 0.05) is 18.9 Å². The summed E-state index contributed by atoms with van der Waals surface area (Å²) in [6.45, 7) is 7.13. The van der Waals surface area contributed by atoms with Crippen LogP contribution in [0.25, 0.3) is 0 Å². The Morgan fingerprint density at radius 1 is 1.20 bits per heavy atom. The summed E-state index contributed by atoms with van der Waals surface area (Å²) in [5.41, 5.74) is 1.35. The van der Waals surface area contributed by atoms with E-state index in [0.717, 1.165) is 44.8 Å². The summed E-state index contributed by atoms with van der Waals surface area (Å²) in [5.74, 6) is 0.978. The molecule has 20 heavy (non-hydrogen) atoms. The fourth-order valence-electron chi connectivity index (χ4n) is 2.58. The highest BCUT2D eigenvalue weighted by Gasteiger charge is 2.15. The molecule has 0 saturated carbocycles. The molecule has 0 aliphatic carbocycles. The fraction of sp³-hybridized carbons (Fsp3) is 0.647. The molecule has 2 rings (SSSR count). The van der Waals surface area contributed by atoms with Gasteiger partial charge in [-0.05, 0) is 37.1 Å². The summed E-state index contributed by atoms with van der Waals surface area (Å²) in [6.07, 6.45) is 4.59. The van der Waals surface area contributed by atoms with Gasteiger partial charge in [0.2, 0.25) is 0 Å². The molecule has 0 bridgehead atoms. The van der Waals surface area contributed by atoms with E-state index in [1.165, 1.54) is 12.0 Å². The van der Waals surface area contributed by atoms with Gasteiger partial charge in [0.05, 0.1) is 13.2 Å². The Hall–Kier alpha value is -1.06. The van der Waals surface area contributed by atoms with Crippen LogP contribution < -0.4 is 10.1 Å². The summed E-state index contributed by atoms with van der Waals surface area (Å²) in [7, 11) is 0. The Morgan fingerprint density at radius 2 is 1.90 bits per heavy atom. The zero-order valence-electron chi connectivity index (χ0n) is 12.7. The predicted octanol–water partition coefficient (Wildman–Crippen LogP) is 3.70. The van der Waals surface area contributed by atoms with Gasteiger partial charge in [0.1, 0.15) is 11.9 Å². The molecule has 1 aromatic carbocycles. The van der Waals surface area contributed by atoms with E-state index in [0.29, 0.717) is 12.1 Å². The van der Waals surface area contributed by atoms with Crippen molar-refractivity contribution in [1.82, 2.24) is 5.32 Å². The molecule has 1 aliphatic rings. The third-order valence-corrected chi connectivity index (χ3v) is 3.80. The minimum absolute atomic E-state index is 0.315. The highest BCUT2D eigenvalue weighted by molar-refractivity contribution is 5.29. The molecule has 1 aliphatic heterocycles. The molecule has 0 aromatic heterocycles. The van der Waals surface area contributed by atoms with Gasteiger partial charge in [-0.3, -0.25) is 0 Å². The summed E-state index contributed by atoms with van der Waals surface area (Å²) in [5, 5.41) is 3.58. The van der Waals surface area contributed by atoms with Crippen LogP contribution in [0.3, 0.4) is 0 Å². The zero-order chi connectivity index (χ0) is 14.2. The lowest BCUT2D eigenvalue weighted by Gasteiger charge is -2.23. The molecule has 1 atom stereocenters. The first-order valence-corrected chi connectivity index (χ1v) is 7.91. The van der Waals surface area contributed by atoms with Crippen LogP contribution in [0, 0.1) is 0 Å². The van der Waals surface area contributed by atoms with E-state index in [1.807, 2.05) is 0 Å². The third-order valence-electron chi connectivity index (χ3n) is 3.80. The SMILES string of the molecule is CCCNC(CC)c1ccc(OC2CCOCC2)cc1. The highest BCUT2D eigenvalue weighted by atomic mass is 16.5. The molecule has 0 spiro atoms. The number of hydrogen-bond donors (Lipinski definition) is 1. The molecule has 1 fully saturated rings. The minimum atomic E-state index is 0.315. The van der Waals surface area contributed by atoms with Gasteiger partial charge in [-0.15, -0.1) is 0 Å². The monoisotopic (exact) mass is 277 g/mol. The van der Waals surface area contributed by atoms with Crippen LogP contribution in [0.1, 0.15) is 51.1 Å². The van der Waals surface area contributed by atoms with Crippen LogP contribution in [-0.2, 0) is 4.74 Å². The Bertz CT molecular complexity index is 371. The van der Waals surface area contributed by atoms with Crippen LogP contribution in [-0.4, -0.2) is 25.9 Å². The first-order chi connectivity index (χ1) is 9.83. The van der Waals surface area contributed by atoms with Crippen LogP contribution >= 0.6 is 0 Å². The first kappa shape index (κ1) is 15.3. The van der Waals surface area contributed by atoms with E-state index in [2.05, 4.69) is 43.4 Å². The molecule has 1 saturated heterocycles. The Kier molecular flexibility index (Phi) is 6.34. The van der Waals surface area contributed by atoms with Crippen molar-refractivity contribution in [2.24, 2.45) is 0 Å². The molecule has 1 heterocycles. The van der Waals surface area contributed by atoms with Gasteiger partial charge in [-0.25, -0.2) is 0 Å². The molecule has 112 valence electrons. The summed E-state index contributed by atoms with van der Waals surface area (Å²) in [4.78, 5) is 0. The number of ether oxygens (including phenoxy) is 2. The first-order valence-electron chi connectivity index (χ1n) is 7.91. The number of nitrogens with one attached hydrogen (secondary N) is 1. The Balaban J connectivity index is 1.90. The number of rotatable bonds is 7. The summed E-state index contributed by atoms with van der Waals surface area (Å²) < 4.78 is 11.4. The zero-order valence-corrected chi connectivity index (χ0v) is 12.7. The average molecular weight is 277 g/mol. The van der Waals surface area contributed by atoms with Gasteiger partial charge >= 0.3 is 0 Å². The molecule has 1 unspecified atom stereocenters.